The third kappa shape index (κ3) is 3.76. The molecule has 4 rings (SSSR count). The summed E-state index contributed by atoms with van der Waals surface area (Å²) in [7, 11) is 3.35. The summed E-state index contributed by atoms with van der Waals surface area (Å²) in [6.07, 6.45) is -1.91. The van der Waals surface area contributed by atoms with Crippen LogP contribution in [0.5, 0.6) is 0 Å². The molecule has 0 saturated carbocycles. The Labute approximate surface area is 164 Å². The lowest BCUT2D eigenvalue weighted by atomic mass is 9.90. The van der Waals surface area contributed by atoms with Crippen LogP contribution >= 0.6 is 11.6 Å². The summed E-state index contributed by atoms with van der Waals surface area (Å²) in [4.78, 5) is 0. The monoisotopic (exact) mass is 390 g/mol. The summed E-state index contributed by atoms with van der Waals surface area (Å²) >= 11 is 6.11. The second kappa shape index (κ2) is 8.27. The van der Waals surface area contributed by atoms with Crippen molar-refractivity contribution in [3.8, 4) is 0 Å². The van der Waals surface area contributed by atoms with Crippen LogP contribution in [0, 0.1) is 0 Å². The van der Waals surface area contributed by atoms with E-state index in [4.69, 9.17) is 35.3 Å². The number of rotatable bonds is 4. The molecule has 0 spiro atoms. The van der Waals surface area contributed by atoms with E-state index in [9.17, 15) is 0 Å². The first kappa shape index (κ1) is 18.9. The number of hydrogen-bond donors (Lipinski definition) is 0. The molecule has 6 atom stereocenters. The number of hydrogen-bond acceptors (Lipinski definition) is 5. The van der Waals surface area contributed by atoms with Crippen molar-refractivity contribution in [2.75, 3.05) is 20.8 Å². The highest BCUT2D eigenvalue weighted by atomic mass is 35.5. The third-order valence-corrected chi connectivity index (χ3v) is 5.35. The van der Waals surface area contributed by atoms with E-state index < -0.39 is 6.29 Å². The van der Waals surface area contributed by atoms with E-state index in [0.29, 0.717) is 11.6 Å². The minimum Gasteiger partial charge on any atom is -0.376 e. The second-order valence-corrected chi connectivity index (χ2v) is 7.16. The SMILES string of the molecule is CO[C@@H]1[C@@H](OC)[C@H](c2ccccc2)O[C@@H]2COC(c3cccc(Cl)c3)O[C@@H]12. The molecular formula is C21H23ClO5. The Kier molecular flexibility index (Phi) is 5.78. The van der Waals surface area contributed by atoms with Gasteiger partial charge >= 0.3 is 0 Å². The molecule has 144 valence electrons. The minimum absolute atomic E-state index is 0.248. The van der Waals surface area contributed by atoms with Gasteiger partial charge in [0.2, 0.25) is 0 Å². The largest absolute Gasteiger partial charge is 0.376 e. The highest BCUT2D eigenvalue weighted by Gasteiger charge is 2.50. The molecule has 0 amide bonds. The van der Waals surface area contributed by atoms with Gasteiger partial charge in [0.25, 0.3) is 0 Å². The van der Waals surface area contributed by atoms with Crippen LogP contribution < -0.4 is 0 Å². The Balaban J connectivity index is 1.59. The first-order chi connectivity index (χ1) is 13.2. The van der Waals surface area contributed by atoms with Crippen LogP contribution in [0.2, 0.25) is 5.02 Å². The van der Waals surface area contributed by atoms with Gasteiger partial charge in [0.15, 0.2) is 6.29 Å². The van der Waals surface area contributed by atoms with Crippen LogP contribution in [0.3, 0.4) is 0 Å². The van der Waals surface area contributed by atoms with Crippen LogP contribution in [0.4, 0.5) is 0 Å². The van der Waals surface area contributed by atoms with Crippen LogP contribution in [-0.2, 0) is 23.7 Å². The van der Waals surface area contributed by atoms with Gasteiger partial charge in [-0.15, -0.1) is 0 Å². The summed E-state index contributed by atoms with van der Waals surface area (Å²) < 4.78 is 30.1. The summed E-state index contributed by atoms with van der Waals surface area (Å²) in [5.41, 5.74) is 1.91. The summed E-state index contributed by atoms with van der Waals surface area (Å²) in [6, 6.07) is 17.5. The molecule has 2 aromatic carbocycles. The molecule has 5 nitrogen and oxygen atoms in total. The van der Waals surface area contributed by atoms with E-state index in [2.05, 4.69) is 0 Å². The molecule has 2 fully saturated rings. The molecule has 2 heterocycles. The molecule has 2 aliphatic rings. The molecule has 2 saturated heterocycles. The van der Waals surface area contributed by atoms with Gasteiger partial charge in [-0.25, -0.2) is 0 Å². The van der Waals surface area contributed by atoms with E-state index in [1.165, 1.54) is 0 Å². The zero-order chi connectivity index (χ0) is 18.8. The normalized spacial score (nSPS) is 33.4. The van der Waals surface area contributed by atoms with Gasteiger partial charge in [-0.3, -0.25) is 0 Å². The maximum atomic E-state index is 6.34. The highest BCUT2D eigenvalue weighted by Crippen LogP contribution is 2.41. The number of benzene rings is 2. The first-order valence-corrected chi connectivity index (χ1v) is 9.37. The topological polar surface area (TPSA) is 46.2 Å². The number of methoxy groups -OCH3 is 2. The molecule has 0 N–H and O–H groups in total. The standard InChI is InChI=1S/C21H23ClO5/c1-23-19-17(13-7-4-3-5-8-13)26-16-12-25-21(27-18(16)20(19)24-2)14-9-6-10-15(22)11-14/h3-11,16-21H,12H2,1-2H3/t16-,17+,18-,19+,20+,21?/m1/s1. The lowest BCUT2D eigenvalue weighted by molar-refractivity contribution is -0.334. The molecule has 0 bridgehead atoms. The summed E-state index contributed by atoms with van der Waals surface area (Å²) in [5, 5.41) is 0.643. The zero-order valence-corrected chi connectivity index (χ0v) is 16.0. The van der Waals surface area contributed by atoms with Gasteiger partial charge in [0.1, 0.15) is 30.5 Å². The van der Waals surface area contributed by atoms with E-state index in [1.807, 2.05) is 54.6 Å². The van der Waals surface area contributed by atoms with Gasteiger partial charge in [0, 0.05) is 24.8 Å². The Bertz CT molecular complexity index is 755. The molecule has 0 aliphatic carbocycles. The molecule has 2 aliphatic heterocycles. The van der Waals surface area contributed by atoms with E-state index >= 15 is 0 Å². The van der Waals surface area contributed by atoms with Gasteiger partial charge in [-0.1, -0.05) is 54.1 Å². The fraction of sp³-hybridized carbons (Fsp3) is 0.429. The van der Waals surface area contributed by atoms with Crippen LogP contribution in [0.15, 0.2) is 54.6 Å². The maximum Gasteiger partial charge on any atom is 0.184 e. The lowest BCUT2D eigenvalue weighted by Gasteiger charge is -2.48. The van der Waals surface area contributed by atoms with Crippen molar-refractivity contribution in [2.45, 2.75) is 36.8 Å². The van der Waals surface area contributed by atoms with Crippen molar-refractivity contribution in [1.29, 1.82) is 0 Å². The molecule has 27 heavy (non-hydrogen) atoms. The third-order valence-electron chi connectivity index (χ3n) is 5.12. The van der Waals surface area contributed by atoms with Crippen molar-refractivity contribution in [3.63, 3.8) is 0 Å². The van der Waals surface area contributed by atoms with E-state index in [0.717, 1.165) is 11.1 Å². The number of ether oxygens (including phenoxy) is 5. The molecule has 0 radical (unpaired) electrons. The van der Waals surface area contributed by atoms with Gasteiger partial charge < -0.3 is 23.7 Å². The average molecular weight is 391 g/mol. The van der Waals surface area contributed by atoms with E-state index in [1.54, 1.807) is 14.2 Å². The Morgan fingerprint density at radius 2 is 1.63 bits per heavy atom. The fourth-order valence-electron chi connectivity index (χ4n) is 3.84. The number of fused-ring (bicyclic) bond motifs is 1. The van der Waals surface area contributed by atoms with Crippen LogP contribution in [0.25, 0.3) is 0 Å². The highest BCUT2D eigenvalue weighted by molar-refractivity contribution is 6.30. The maximum absolute atomic E-state index is 6.34. The predicted molar refractivity (Wildman–Crippen MR) is 101 cm³/mol. The minimum atomic E-state index is -0.517. The predicted octanol–water partition coefficient (Wildman–Crippen LogP) is 3.92. The van der Waals surface area contributed by atoms with Crippen LogP contribution in [-0.4, -0.2) is 45.2 Å². The summed E-state index contributed by atoms with van der Waals surface area (Å²) in [6.45, 7) is 0.404. The van der Waals surface area contributed by atoms with Gasteiger partial charge in [-0.2, -0.15) is 0 Å². The zero-order valence-electron chi connectivity index (χ0n) is 15.3. The molecule has 0 aromatic heterocycles. The second-order valence-electron chi connectivity index (χ2n) is 6.73. The summed E-state index contributed by atoms with van der Waals surface area (Å²) in [5.74, 6) is 0. The average Bonchev–Trinajstić information content (AvgIpc) is 2.72. The Hall–Kier alpha value is -1.47. The van der Waals surface area contributed by atoms with Gasteiger partial charge in [0.05, 0.1) is 6.61 Å². The lowest BCUT2D eigenvalue weighted by Crippen LogP contribution is -2.60. The molecule has 6 heteroatoms. The van der Waals surface area contributed by atoms with Crippen molar-refractivity contribution < 1.29 is 23.7 Å². The van der Waals surface area contributed by atoms with Crippen molar-refractivity contribution in [2.24, 2.45) is 0 Å². The Morgan fingerprint density at radius 3 is 2.33 bits per heavy atom. The first-order valence-electron chi connectivity index (χ1n) is 9.00. The molecule has 1 unspecified atom stereocenters. The quantitative estimate of drug-likeness (QED) is 0.791. The van der Waals surface area contributed by atoms with Gasteiger partial charge in [-0.05, 0) is 17.7 Å². The van der Waals surface area contributed by atoms with Crippen molar-refractivity contribution in [1.82, 2.24) is 0 Å². The van der Waals surface area contributed by atoms with Crippen LogP contribution in [0.1, 0.15) is 23.5 Å². The van der Waals surface area contributed by atoms with Crippen molar-refractivity contribution >= 4 is 11.6 Å². The van der Waals surface area contributed by atoms with Crippen molar-refractivity contribution in [3.05, 3.63) is 70.7 Å². The fourth-order valence-corrected chi connectivity index (χ4v) is 4.04. The molecular weight excluding hydrogens is 368 g/mol. The molecule has 2 aromatic rings. The Morgan fingerprint density at radius 1 is 0.889 bits per heavy atom. The number of halogens is 1. The van der Waals surface area contributed by atoms with E-state index in [-0.39, 0.29) is 30.5 Å². The smallest absolute Gasteiger partial charge is 0.184 e.